The molecule has 0 aromatic carbocycles. The number of nitrogens with one attached hydrogen (secondary N) is 1. The molecule has 0 aromatic rings. The van der Waals surface area contributed by atoms with Gasteiger partial charge in [0.05, 0.1) is 0 Å². The smallest absolute Gasteiger partial charge is 0.220 e. The maximum Gasteiger partial charge on any atom is 0.220 e. The van der Waals surface area contributed by atoms with E-state index in [1.54, 1.807) is 0 Å². The van der Waals surface area contributed by atoms with Crippen molar-refractivity contribution in [2.75, 3.05) is 31.6 Å². The fraction of sp³-hybridized carbons (Fsp3) is 0.947. The Morgan fingerprint density at radius 2 is 1.61 bits per heavy atom. The maximum atomic E-state index is 12.2. The topological polar surface area (TPSA) is 32.3 Å². The fourth-order valence-corrected chi connectivity index (χ4v) is 5.53. The number of hydrogen-bond donors (Lipinski definition) is 1. The van der Waals surface area contributed by atoms with Crippen molar-refractivity contribution in [3.8, 4) is 0 Å². The standard InChI is InChI=1S/C17H30N2O.C2H5I/c1-19(2)5-3-4-18-16(20)12-17-9-13-6-14(10-17)8-15(7-13)11-17;1-2-3/h13-15H,3-12H2,1-2H3,(H,18,20);2H2,1H3. The molecular weight excluding hydrogens is 399 g/mol. The minimum atomic E-state index is 0.311. The van der Waals surface area contributed by atoms with E-state index in [9.17, 15) is 4.79 Å². The number of carbonyl (C=O) groups is 1. The zero-order chi connectivity index (χ0) is 16.9. The molecule has 134 valence electrons. The molecule has 0 unspecified atom stereocenters. The van der Waals surface area contributed by atoms with Gasteiger partial charge in [-0.1, -0.05) is 29.5 Å². The summed E-state index contributed by atoms with van der Waals surface area (Å²) in [4.78, 5) is 14.4. The Morgan fingerprint density at radius 3 is 2.04 bits per heavy atom. The highest BCUT2D eigenvalue weighted by molar-refractivity contribution is 14.1. The van der Waals surface area contributed by atoms with Crippen LogP contribution in [0.15, 0.2) is 0 Å². The maximum absolute atomic E-state index is 12.2. The van der Waals surface area contributed by atoms with Crippen LogP contribution >= 0.6 is 22.6 Å². The molecule has 4 aliphatic carbocycles. The van der Waals surface area contributed by atoms with Gasteiger partial charge in [0.25, 0.3) is 0 Å². The second-order valence-corrected chi connectivity index (χ2v) is 9.89. The molecule has 0 aliphatic heterocycles. The van der Waals surface area contributed by atoms with Crippen molar-refractivity contribution in [1.29, 1.82) is 0 Å². The van der Waals surface area contributed by atoms with E-state index in [1.807, 2.05) is 0 Å². The Kier molecular flexibility index (Phi) is 7.64. The Balaban J connectivity index is 0.000000595. The quantitative estimate of drug-likeness (QED) is 0.388. The summed E-state index contributed by atoms with van der Waals surface area (Å²) >= 11 is 2.29. The largest absolute Gasteiger partial charge is 0.356 e. The molecule has 0 atom stereocenters. The molecule has 0 radical (unpaired) electrons. The Hall–Kier alpha value is 0.160. The van der Waals surface area contributed by atoms with E-state index in [4.69, 9.17) is 0 Å². The first-order valence-corrected chi connectivity index (χ1v) is 11.0. The summed E-state index contributed by atoms with van der Waals surface area (Å²) in [5.41, 5.74) is 0.389. The summed E-state index contributed by atoms with van der Waals surface area (Å²) in [7, 11) is 4.16. The van der Waals surface area contributed by atoms with Crippen LogP contribution in [-0.2, 0) is 4.79 Å². The Bertz CT molecular complexity index is 348. The number of rotatable bonds is 6. The summed E-state index contributed by atoms with van der Waals surface area (Å²) in [6.45, 7) is 4.00. The van der Waals surface area contributed by atoms with E-state index >= 15 is 0 Å². The lowest BCUT2D eigenvalue weighted by Gasteiger charge is -2.56. The first-order valence-electron chi connectivity index (χ1n) is 9.43. The molecule has 4 bridgehead atoms. The number of nitrogens with zero attached hydrogens (tertiary/aromatic N) is 1. The van der Waals surface area contributed by atoms with E-state index < -0.39 is 0 Å². The van der Waals surface area contributed by atoms with Crippen LogP contribution in [0.4, 0.5) is 0 Å². The second-order valence-electron chi connectivity index (χ2n) is 8.37. The molecule has 4 rings (SSSR count). The van der Waals surface area contributed by atoms with Gasteiger partial charge >= 0.3 is 0 Å². The normalized spacial score (nSPS) is 34.2. The first kappa shape index (κ1) is 19.5. The van der Waals surface area contributed by atoms with Crippen LogP contribution in [0.25, 0.3) is 0 Å². The van der Waals surface area contributed by atoms with E-state index in [1.165, 1.54) is 43.0 Å². The van der Waals surface area contributed by atoms with Gasteiger partial charge in [-0.2, -0.15) is 0 Å². The lowest BCUT2D eigenvalue weighted by molar-refractivity contribution is -0.129. The molecular formula is C19H35IN2O. The molecule has 0 heterocycles. The van der Waals surface area contributed by atoms with Crippen LogP contribution in [0.5, 0.6) is 0 Å². The van der Waals surface area contributed by atoms with Crippen LogP contribution in [0.3, 0.4) is 0 Å². The summed E-state index contributed by atoms with van der Waals surface area (Å²) in [5.74, 6) is 3.15. The van der Waals surface area contributed by atoms with Crippen molar-refractivity contribution in [1.82, 2.24) is 10.2 Å². The predicted octanol–water partition coefficient (Wildman–Crippen LogP) is 4.10. The van der Waals surface area contributed by atoms with Gasteiger partial charge in [-0.15, -0.1) is 0 Å². The Morgan fingerprint density at radius 1 is 1.13 bits per heavy atom. The summed E-state index contributed by atoms with van der Waals surface area (Å²) in [5, 5.41) is 3.15. The zero-order valence-corrected chi connectivity index (χ0v) is 17.4. The summed E-state index contributed by atoms with van der Waals surface area (Å²) in [6.07, 6.45) is 10.3. The highest BCUT2D eigenvalue weighted by Crippen LogP contribution is 2.61. The van der Waals surface area contributed by atoms with E-state index in [0.29, 0.717) is 11.3 Å². The van der Waals surface area contributed by atoms with Gasteiger partial charge in [0, 0.05) is 13.0 Å². The van der Waals surface area contributed by atoms with E-state index in [-0.39, 0.29) is 0 Å². The molecule has 4 aliphatic rings. The minimum Gasteiger partial charge on any atom is -0.356 e. The van der Waals surface area contributed by atoms with Crippen molar-refractivity contribution >= 4 is 28.5 Å². The van der Waals surface area contributed by atoms with Crippen LogP contribution in [0, 0.1) is 23.2 Å². The van der Waals surface area contributed by atoms with Crippen molar-refractivity contribution in [3.63, 3.8) is 0 Å². The average molecular weight is 434 g/mol. The lowest BCUT2D eigenvalue weighted by Crippen LogP contribution is -2.48. The van der Waals surface area contributed by atoms with Crippen molar-refractivity contribution in [2.24, 2.45) is 23.2 Å². The molecule has 4 heteroatoms. The number of hydrogen-bond acceptors (Lipinski definition) is 2. The van der Waals surface area contributed by atoms with Crippen LogP contribution in [0.1, 0.15) is 58.3 Å². The molecule has 1 amide bonds. The average Bonchev–Trinajstić information content (AvgIpc) is 2.42. The number of amides is 1. The third-order valence-electron chi connectivity index (χ3n) is 5.80. The molecule has 23 heavy (non-hydrogen) atoms. The van der Waals surface area contributed by atoms with Crippen LogP contribution in [-0.4, -0.2) is 42.4 Å². The molecule has 0 aromatic heterocycles. The van der Waals surface area contributed by atoms with Gasteiger partial charge in [-0.3, -0.25) is 4.79 Å². The van der Waals surface area contributed by atoms with Crippen LogP contribution < -0.4 is 5.32 Å². The molecule has 3 nitrogen and oxygen atoms in total. The summed E-state index contributed by atoms with van der Waals surface area (Å²) < 4.78 is 1.22. The van der Waals surface area contributed by atoms with Gasteiger partial charge in [-0.25, -0.2) is 0 Å². The van der Waals surface area contributed by atoms with Gasteiger partial charge < -0.3 is 10.2 Å². The number of alkyl halides is 1. The second kappa shape index (κ2) is 9.02. The zero-order valence-electron chi connectivity index (χ0n) is 15.2. The first-order chi connectivity index (χ1) is 11.0. The Labute approximate surface area is 156 Å². The van der Waals surface area contributed by atoms with E-state index in [0.717, 1.165) is 43.7 Å². The minimum absolute atomic E-state index is 0.311. The van der Waals surface area contributed by atoms with Crippen LogP contribution in [0.2, 0.25) is 0 Å². The van der Waals surface area contributed by atoms with Gasteiger partial charge in [0.1, 0.15) is 0 Å². The predicted molar refractivity (Wildman–Crippen MR) is 106 cm³/mol. The molecule has 0 spiro atoms. The molecule has 0 saturated heterocycles. The molecule has 1 N–H and O–H groups in total. The lowest BCUT2D eigenvalue weighted by atomic mass is 9.49. The van der Waals surface area contributed by atoms with Gasteiger partial charge in [-0.05, 0) is 93.2 Å². The van der Waals surface area contributed by atoms with Gasteiger partial charge in [0.2, 0.25) is 5.91 Å². The monoisotopic (exact) mass is 434 g/mol. The van der Waals surface area contributed by atoms with Crippen molar-refractivity contribution < 1.29 is 4.79 Å². The fourth-order valence-electron chi connectivity index (χ4n) is 5.53. The summed E-state index contributed by atoms with van der Waals surface area (Å²) in [6, 6.07) is 0. The van der Waals surface area contributed by atoms with Crippen molar-refractivity contribution in [2.45, 2.75) is 58.3 Å². The third-order valence-corrected chi connectivity index (χ3v) is 5.80. The van der Waals surface area contributed by atoms with Gasteiger partial charge in [0.15, 0.2) is 0 Å². The SMILES string of the molecule is CCI.CN(C)CCCNC(=O)CC12CC3CC(CC(C3)C1)C2. The third kappa shape index (κ3) is 5.87. The van der Waals surface area contributed by atoms with E-state index in [2.05, 4.69) is 53.8 Å². The molecule has 4 fully saturated rings. The highest BCUT2D eigenvalue weighted by atomic mass is 127. The number of carbonyl (C=O) groups excluding carboxylic acids is 1. The highest BCUT2D eigenvalue weighted by Gasteiger charge is 2.51. The molecule has 4 saturated carbocycles. The number of halogens is 1. The van der Waals surface area contributed by atoms with Crippen molar-refractivity contribution in [3.05, 3.63) is 0 Å².